The zero-order valence-corrected chi connectivity index (χ0v) is 18.2. The summed E-state index contributed by atoms with van der Waals surface area (Å²) in [6, 6.07) is 16.4. The molecular weight excluding hydrogens is 434 g/mol. The van der Waals surface area contributed by atoms with E-state index in [1.807, 2.05) is 25.1 Å². The van der Waals surface area contributed by atoms with E-state index in [-0.39, 0.29) is 33.5 Å². The number of benzene rings is 3. The van der Waals surface area contributed by atoms with E-state index in [1.165, 1.54) is 43.5 Å². The minimum atomic E-state index is -4.08. The van der Waals surface area contributed by atoms with Crippen molar-refractivity contribution in [1.82, 2.24) is 0 Å². The van der Waals surface area contributed by atoms with E-state index in [0.717, 1.165) is 18.1 Å². The molecule has 0 heterocycles. The average Bonchev–Trinajstić information content (AvgIpc) is 2.79. The van der Waals surface area contributed by atoms with Crippen molar-refractivity contribution >= 4 is 33.0 Å². The molecule has 2 N–H and O–H groups in total. The molecule has 0 fully saturated rings. The molecule has 3 rings (SSSR count). The van der Waals surface area contributed by atoms with Gasteiger partial charge >= 0.3 is 0 Å². The fourth-order valence-corrected chi connectivity index (χ4v) is 4.01. The van der Waals surface area contributed by atoms with Crippen LogP contribution in [0.25, 0.3) is 0 Å². The van der Waals surface area contributed by atoms with E-state index < -0.39 is 14.9 Å². The number of sulfonamides is 1. The van der Waals surface area contributed by atoms with Crippen molar-refractivity contribution in [3.63, 3.8) is 0 Å². The Morgan fingerprint density at radius 2 is 1.78 bits per heavy atom. The minimum absolute atomic E-state index is 0.0701. The molecule has 0 aliphatic carbocycles. The van der Waals surface area contributed by atoms with E-state index in [2.05, 4.69) is 10.0 Å². The van der Waals surface area contributed by atoms with E-state index in [0.29, 0.717) is 5.69 Å². The number of nitro groups is 1. The largest absolute Gasteiger partial charge is 0.495 e. The number of carbonyl (C=O) groups excluding carboxylic acids is 1. The first-order valence-electron chi connectivity index (χ1n) is 9.59. The summed E-state index contributed by atoms with van der Waals surface area (Å²) in [5.74, 6) is -0.250. The predicted octanol–water partition coefficient (Wildman–Crippen LogP) is 4.22. The summed E-state index contributed by atoms with van der Waals surface area (Å²) in [6.07, 6.45) is 0.832. The van der Waals surface area contributed by atoms with Crippen molar-refractivity contribution < 1.29 is 22.9 Å². The Morgan fingerprint density at radius 3 is 2.41 bits per heavy atom. The zero-order chi connectivity index (χ0) is 23.3. The van der Waals surface area contributed by atoms with Gasteiger partial charge in [0.15, 0.2) is 0 Å². The maximum atomic E-state index is 12.8. The number of carbonyl (C=O) groups is 1. The number of rotatable bonds is 8. The van der Waals surface area contributed by atoms with E-state index in [1.54, 1.807) is 6.07 Å². The fourth-order valence-electron chi connectivity index (χ4n) is 2.95. The Labute approximate surface area is 185 Å². The van der Waals surface area contributed by atoms with Gasteiger partial charge in [-0.05, 0) is 54.4 Å². The van der Waals surface area contributed by atoms with Gasteiger partial charge in [-0.3, -0.25) is 19.6 Å². The van der Waals surface area contributed by atoms with E-state index >= 15 is 0 Å². The molecule has 3 aromatic carbocycles. The number of ether oxygens (including phenoxy) is 1. The molecule has 0 saturated carbocycles. The van der Waals surface area contributed by atoms with Gasteiger partial charge in [-0.15, -0.1) is 0 Å². The van der Waals surface area contributed by atoms with Crippen molar-refractivity contribution in [2.75, 3.05) is 17.1 Å². The SMILES string of the molecule is CCc1cccc(NC(=O)c2ccc(S(=O)(=O)Nc3cc([N+](=O)[O-])ccc3OC)cc2)c1. The highest BCUT2D eigenvalue weighted by Gasteiger charge is 2.20. The third kappa shape index (κ3) is 5.22. The molecule has 166 valence electrons. The van der Waals surface area contributed by atoms with Crippen LogP contribution in [0.15, 0.2) is 71.6 Å². The summed E-state index contributed by atoms with van der Waals surface area (Å²) in [6.45, 7) is 2.01. The molecule has 1 amide bonds. The van der Waals surface area contributed by atoms with E-state index in [4.69, 9.17) is 4.74 Å². The van der Waals surface area contributed by atoms with Crippen molar-refractivity contribution in [3.05, 3.63) is 88.0 Å². The van der Waals surface area contributed by atoms with Crippen LogP contribution in [0.1, 0.15) is 22.8 Å². The van der Waals surface area contributed by atoms with Crippen LogP contribution in [-0.2, 0) is 16.4 Å². The molecular formula is C22H21N3O6S. The highest BCUT2D eigenvalue weighted by Crippen LogP contribution is 2.31. The smallest absolute Gasteiger partial charge is 0.271 e. The van der Waals surface area contributed by atoms with Crippen molar-refractivity contribution in [2.24, 2.45) is 0 Å². The summed E-state index contributed by atoms with van der Waals surface area (Å²) < 4.78 is 32.9. The lowest BCUT2D eigenvalue weighted by molar-refractivity contribution is -0.384. The summed E-state index contributed by atoms with van der Waals surface area (Å²) in [7, 11) is -2.76. The molecule has 0 aromatic heterocycles. The molecule has 0 bridgehead atoms. The van der Waals surface area contributed by atoms with Crippen LogP contribution in [0.4, 0.5) is 17.1 Å². The quantitative estimate of drug-likeness (QED) is 0.387. The van der Waals surface area contributed by atoms with Crippen molar-refractivity contribution in [2.45, 2.75) is 18.2 Å². The van der Waals surface area contributed by atoms with Gasteiger partial charge in [-0.25, -0.2) is 8.42 Å². The van der Waals surface area contributed by atoms with Gasteiger partial charge in [0.05, 0.1) is 22.6 Å². The van der Waals surface area contributed by atoms with Gasteiger partial charge in [0.25, 0.3) is 21.6 Å². The first-order valence-corrected chi connectivity index (χ1v) is 11.1. The van der Waals surface area contributed by atoms with Gasteiger partial charge in [-0.1, -0.05) is 19.1 Å². The van der Waals surface area contributed by atoms with Crippen LogP contribution in [0, 0.1) is 10.1 Å². The fraction of sp³-hybridized carbons (Fsp3) is 0.136. The number of nitrogens with zero attached hydrogens (tertiary/aromatic N) is 1. The Morgan fingerprint density at radius 1 is 1.06 bits per heavy atom. The van der Waals surface area contributed by atoms with Crippen LogP contribution < -0.4 is 14.8 Å². The molecule has 0 unspecified atom stereocenters. The Hall–Kier alpha value is -3.92. The van der Waals surface area contributed by atoms with Gasteiger partial charge in [0.2, 0.25) is 0 Å². The average molecular weight is 455 g/mol. The van der Waals surface area contributed by atoms with Crippen LogP contribution in [-0.4, -0.2) is 26.4 Å². The van der Waals surface area contributed by atoms with Crippen LogP contribution in [0.3, 0.4) is 0 Å². The molecule has 0 aliphatic heterocycles. The summed E-state index contributed by atoms with van der Waals surface area (Å²) >= 11 is 0. The topological polar surface area (TPSA) is 128 Å². The Bertz CT molecular complexity index is 1260. The lowest BCUT2D eigenvalue weighted by Crippen LogP contribution is -2.15. The Balaban J connectivity index is 1.79. The number of hydrogen-bond donors (Lipinski definition) is 2. The predicted molar refractivity (Wildman–Crippen MR) is 121 cm³/mol. The second kappa shape index (κ2) is 9.48. The van der Waals surface area contributed by atoms with Crippen LogP contribution in [0.2, 0.25) is 0 Å². The number of hydrogen-bond acceptors (Lipinski definition) is 6. The van der Waals surface area contributed by atoms with Gasteiger partial charge in [0, 0.05) is 23.4 Å². The van der Waals surface area contributed by atoms with Crippen LogP contribution in [0.5, 0.6) is 5.75 Å². The summed E-state index contributed by atoms with van der Waals surface area (Å²) in [5, 5.41) is 13.8. The Kier molecular flexibility index (Phi) is 6.74. The number of aryl methyl sites for hydroxylation is 1. The molecule has 0 radical (unpaired) electrons. The first kappa shape index (κ1) is 22.8. The molecule has 0 aliphatic rings. The number of non-ortho nitro benzene ring substituents is 1. The maximum absolute atomic E-state index is 12.8. The zero-order valence-electron chi connectivity index (χ0n) is 17.4. The lowest BCUT2D eigenvalue weighted by atomic mass is 10.1. The van der Waals surface area contributed by atoms with Crippen molar-refractivity contribution in [1.29, 1.82) is 0 Å². The standard InChI is InChI=1S/C22H21N3O6S/c1-3-15-5-4-6-17(13-15)23-22(26)16-7-10-19(11-8-16)32(29,30)24-20-14-18(25(27)28)9-12-21(20)31-2/h4-14,24H,3H2,1-2H3,(H,23,26). The van der Waals surface area contributed by atoms with Gasteiger partial charge in [-0.2, -0.15) is 0 Å². The molecule has 0 spiro atoms. The maximum Gasteiger partial charge on any atom is 0.271 e. The van der Waals surface area contributed by atoms with Gasteiger partial charge in [0.1, 0.15) is 5.75 Å². The second-order valence-electron chi connectivity index (χ2n) is 6.78. The minimum Gasteiger partial charge on any atom is -0.495 e. The summed E-state index contributed by atoms with van der Waals surface area (Å²) in [5.41, 5.74) is 1.64. The molecule has 0 atom stereocenters. The number of amides is 1. The normalized spacial score (nSPS) is 10.9. The molecule has 32 heavy (non-hydrogen) atoms. The number of methoxy groups -OCH3 is 1. The highest BCUT2D eigenvalue weighted by molar-refractivity contribution is 7.92. The highest BCUT2D eigenvalue weighted by atomic mass is 32.2. The molecule has 3 aromatic rings. The molecule has 10 heteroatoms. The van der Waals surface area contributed by atoms with E-state index in [9.17, 15) is 23.3 Å². The van der Waals surface area contributed by atoms with Crippen LogP contribution >= 0.6 is 0 Å². The monoisotopic (exact) mass is 455 g/mol. The van der Waals surface area contributed by atoms with Crippen molar-refractivity contribution in [3.8, 4) is 5.75 Å². The number of nitro benzene ring substituents is 1. The first-order chi connectivity index (χ1) is 15.2. The molecule has 0 saturated heterocycles. The van der Waals surface area contributed by atoms with Gasteiger partial charge < -0.3 is 10.1 Å². The third-order valence-electron chi connectivity index (χ3n) is 4.66. The summed E-state index contributed by atoms with van der Waals surface area (Å²) in [4.78, 5) is 22.7. The number of nitrogens with one attached hydrogen (secondary N) is 2. The second-order valence-corrected chi connectivity index (χ2v) is 8.46. The third-order valence-corrected chi connectivity index (χ3v) is 6.04. The lowest BCUT2D eigenvalue weighted by Gasteiger charge is -2.12. The number of anilines is 2. The molecule has 9 nitrogen and oxygen atoms in total.